The van der Waals surface area contributed by atoms with E-state index in [4.69, 9.17) is 27.8 Å². The molecule has 3 aromatic rings. The van der Waals surface area contributed by atoms with Crippen molar-refractivity contribution in [2.75, 3.05) is 38.5 Å². The van der Waals surface area contributed by atoms with Gasteiger partial charge in [0.1, 0.15) is 24.1 Å². The number of nitrogens with two attached hydrogens (primary N) is 2. The van der Waals surface area contributed by atoms with Gasteiger partial charge in [-0.2, -0.15) is 0 Å². The van der Waals surface area contributed by atoms with Crippen LogP contribution < -0.4 is 16.8 Å². The Bertz CT molecular complexity index is 1140. The van der Waals surface area contributed by atoms with Crippen LogP contribution in [0.1, 0.15) is 31.1 Å². The van der Waals surface area contributed by atoms with E-state index < -0.39 is 12.0 Å². The highest BCUT2D eigenvalue weighted by Crippen LogP contribution is 2.31. The number of fused-ring (bicyclic) bond motifs is 1. The Kier molecular flexibility index (Phi) is 9.05. The van der Waals surface area contributed by atoms with Crippen LogP contribution in [0.4, 0.5) is 5.82 Å². The number of hydrogen-bond donors (Lipinski definition) is 4. The van der Waals surface area contributed by atoms with E-state index in [9.17, 15) is 9.90 Å². The van der Waals surface area contributed by atoms with E-state index in [0.29, 0.717) is 36.5 Å². The van der Waals surface area contributed by atoms with Crippen molar-refractivity contribution in [1.82, 2.24) is 29.7 Å². The summed E-state index contributed by atoms with van der Waals surface area (Å²) in [5, 5.41) is 13.4. The van der Waals surface area contributed by atoms with Gasteiger partial charge >= 0.3 is 5.97 Å². The third-order valence-electron chi connectivity index (χ3n) is 6.43. The molecule has 1 aromatic carbocycles. The first-order valence-corrected chi connectivity index (χ1v) is 12.5. The smallest absolute Gasteiger partial charge is 0.320 e. The summed E-state index contributed by atoms with van der Waals surface area (Å²) in [7, 11) is 0. The van der Waals surface area contributed by atoms with Gasteiger partial charge < -0.3 is 26.6 Å². The molecule has 3 atom stereocenters. The van der Waals surface area contributed by atoms with Crippen LogP contribution in [0.3, 0.4) is 0 Å². The van der Waals surface area contributed by atoms with Gasteiger partial charge in [-0.15, -0.1) is 0 Å². The number of nitrogens with zero attached hydrogens (tertiary/aromatic N) is 5. The van der Waals surface area contributed by atoms with Crippen LogP contribution in [0.25, 0.3) is 11.2 Å². The molecule has 0 bridgehead atoms. The van der Waals surface area contributed by atoms with E-state index in [-0.39, 0.29) is 12.3 Å². The predicted octanol–water partition coefficient (Wildman–Crippen LogP) is 1.68. The number of nitrogen functional groups attached to an aromatic ring is 1. The lowest BCUT2D eigenvalue weighted by Gasteiger charge is -2.26. The topological polar surface area (TPSA) is 157 Å². The van der Waals surface area contributed by atoms with E-state index in [1.807, 2.05) is 28.8 Å². The normalized spacial score (nSPS) is 18.8. The van der Waals surface area contributed by atoms with Crippen molar-refractivity contribution in [3.05, 3.63) is 47.5 Å². The van der Waals surface area contributed by atoms with Gasteiger partial charge in [0.15, 0.2) is 11.5 Å². The Morgan fingerprint density at radius 1 is 1.22 bits per heavy atom. The van der Waals surface area contributed by atoms with Crippen LogP contribution in [0.15, 0.2) is 36.9 Å². The Morgan fingerprint density at radius 3 is 2.81 bits per heavy atom. The number of halogens is 1. The summed E-state index contributed by atoms with van der Waals surface area (Å²) in [6, 6.07) is 6.97. The van der Waals surface area contributed by atoms with Gasteiger partial charge in [-0.05, 0) is 49.9 Å². The summed E-state index contributed by atoms with van der Waals surface area (Å²) in [5.74, 6) is -0.640. The fourth-order valence-corrected chi connectivity index (χ4v) is 4.51. The molecular weight excluding hydrogens is 484 g/mol. The molecule has 2 aromatic heterocycles. The monoisotopic (exact) mass is 516 g/mol. The van der Waals surface area contributed by atoms with Crippen molar-refractivity contribution in [2.24, 2.45) is 5.73 Å². The summed E-state index contributed by atoms with van der Waals surface area (Å²) >= 11 is 5.95. The molecule has 1 aliphatic rings. The molecule has 3 heterocycles. The number of aliphatic carboxylic acids is 1. The Labute approximate surface area is 214 Å². The van der Waals surface area contributed by atoms with Crippen LogP contribution in [0.5, 0.6) is 0 Å². The second-order valence-corrected chi connectivity index (χ2v) is 9.47. The number of benzene rings is 1. The van der Waals surface area contributed by atoms with Crippen molar-refractivity contribution in [1.29, 1.82) is 0 Å². The average molecular weight is 517 g/mol. The number of ether oxygens (including phenoxy) is 1. The minimum atomic E-state index is -0.985. The second kappa shape index (κ2) is 12.4. The molecule has 0 amide bonds. The summed E-state index contributed by atoms with van der Waals surface area (Å²) in [5.41, 5.74) is 14.1. The van der Waals surface area contributed by atoms with E-state index in [1.165, 1.54) is 11.9 Å². The van der Waals surface area contributed by atoms with Crippen molar-refractivity contribution in [3.63, 3.8) is 0 Å². The minimum absolute atomic E-state index is 0.00162. The number of nitrogens with one attached hydrogen (secondary N) is 1. The first-order chi connectivity index (χ1) is 17.4. The maximum atomic E-state index is 11.2. The van der Waals surface area contributed by atoms with Crippen molar-refractivity contribution in [2.45, 2.75) is 44.1 Å². The Hall–Kier alpha value is -2.83. The molecule has 194 valence electrons. The Balaban J connectivity index is 1.29. The molecule has 4 rings (SSSR count). The number of aromatic nitrogens is 4. The van der Waals surface area contributed by atoms with Crippen LogP contribution in [0, 0.1) is 0 Å². The molecule has 1 aliphatic heterocycles. The van der Waals surface area contributed by atoms with E-state index in [0.717, 1.165) is 43.9 Å². The van der Waals surface area contributed by atoms with Crippen LogP contribution in [-0.2, 0) is 16.0 Å². The van der Waals surface area contributed by atoms with Gasteiger partial charge in [-0.25, -0.2) is 15.0 Å². The number of rotatable bonds is 13. The maximum absolute atomic E-state index is 11.2. The molecule has 36 heavy (non-hydrogen) atoms. The standard InChI is InChI=1S/C24H33ClN8O3/c25-17-3-1-16(2-4-17)7-9-28-10-12-32(11-8-19(26)24(34)35)13-18-5-6-20(36-18)33-15-31-21-22(27)29-14-30-23(21)33/h1-4,14-15,18-20,28H,5-13,26H2,(H,34,35)(H2,27,29,30)/t18-,19?,20+/m0/s1. The molecule has 6 N–H and O–H groups in total. The molecule has 11 nitrogen and oxygen atoms in total. The molecule has 1 unspecified atom stereocenters. The number of imidazole rings is 1. The van der Waals surface area contributed by atoms with Gasteiger partial charge in [0.05, 0.1) is 12.4 Å². The molecule has 1 fully saturated rings. The van der Waals surface area contributed by atoms with Crippen LogP contribution >= 0.6 is 11.6 Å². The van der Waals surface area contributed by atoms with Crippen molar-refractivity contribution in [3.8, 4) is 0 Å². The highest BCUT2D eigenvalue weighted by molar-refractivity contribution is 6.30. The lowest BCUT2D eigenvalue weighted by Crippen LogP contribution is -2.41. The van der Waals surface area contributed by atoms with Gasteiger partial charge in [-0.1, -0.05) is 23.7 Å². The lowest BCUT2D eigenvalue weighted by atomic mass is 10.1. The maximum Gasteiger partial charge on any atom is 0.320 e. The molecule has 0 saturated carbocycles. The largest absolute Gasteiger partial charge is 0.480 e. The summed E-state index contributed by atoms with van der Waals surface area (Å²) in [6.45, 7) is 3.63. The predicted molar refractivity (Wildman–Crippen MR) is 138 cm³/mol. The minimum Gasteiger partial charge on any atom is -0.480 e. The van der Waals surface area contributed by atoms with Crippen LogP contribution in [0.2, 0.25) is 5.02 Å². The highest BCUT2D eigenvalue weighted by atomic mass is 35.5. The van der Waals surface area contributed by atoms with Gasteiger partial charge in [0.2, 0.25) is 0 Å². The number of anilines is 1. The van der Waals surface area contributed by atoms with Gasteiger partial charge in [-0.3, -0.25) is 14.3 Å². The fraction of sp³-hybridized carbons (Fsp3) is 0.500. The summed E-state index contributed by atoms with van der Waals surface area (Å²) in [4.78, 5) is 26.1. The number of carbonyl (C=O) groups is 1. The van der Waals surface area contributed by atoms with E-state index >= 15 is 0 Å². The molecule has 0 aliphatic carbocycles. The van der Waals surface area contributed by atoms with E-state index in [2.05, 4.69) is 25.2 Å². The summed E-state index contributed by atoms with van der Waals surface area (Å²) < 4.78 is 8.23. The number of hydrogen-bond acceptors (Lipinski definition) is 9. The molecule has 12 heteroatoms. The average Bonchev–Trinajstić information content (AvgIpc) is 3.50. The van der Waals surface area contributed by atoms with Crippen molar-refractivity contribution >= 4 is 34.6 Å². The van der Waals surface area contributed by atoms with Crippen LogP contribution in [-0.4, -0.2) is 80.4 Å². The lowest BCUT2D eigenvalue weighted by molar-refractivity contribution is -0.138. The van der Waals surface area contributed by atoms with Gasteiger partial charge in [0, 0.05) is 31.2 Å². The molecule has 0 spiro atoms. The summed E-state index contributed by atoms with van der Waals surface area (Å²) in [6.07, 6.45) is 5.90. The third-order valence-corrected chi connectivity index (χ3v) is 6.68. The molecular formula is C24H33ClN8O3. The van der Waals surface area contributed by atoms with Gasteiger partial charge in [0.25, 0.3) is 0 Å². The second-order valence-electron chi connectivity index (χ2n) is 9.03. The van der Waals surface area contributed by atoms with E-state index in [1.54, 1.807) is 6.33 Å². The number of carboxylic acid groups (broad SMARTS) is 1. The third kappa shape index (κ3) is 6.89. The molecule has 1 saturated heterocycles. The zero-order valence-electron chi connectivity index (χ0n) is 20.1. The zero-order chi connectivity index (χ0) is 25.5. The highest BCUT2D eigenvalue weighted by Gasteiger charge is 2.29. The first-order valence-electron chi connectivity index (χ1n) is 12.1. The first kappa shape index (κ1) is 26.2. The quantitative estimate of drug-likeness (QED) is 0.246. The zero-order valence-corrected chi connectivity index (χ0v) is 20.8. The molecule has 0 radical (unpaired) electrons. The van der Waals surface area contributed by atoms with Crippen molar-refractivity contribution < 1.29 is 14.6 Å². The SMILES string of the molecule is Nc1ncnc2c1ncn2[C@H]1CC[C@@H](CN(CCNCCc2ccc(Cl)cc2)CCC(N)C(=O)O)O1. The fourth-order valence-electron chi connectivity index (χ4n) is 4.38. The Morgan fingerprint density at radius 2 is 2.03 bits per heavy atom. The number of carboxylic acids is 1.